The molecule has 0 fully saturated rings. The highest BCUT2D eigenvalue weighted by Crippen LogP contribution is 2.35. The van der Waals surface area contributed by atoms with Crippen LogP contribution in [-0.4, -0.2) is 28.8 Å². The molecule has 0 spiro atoms. The van der Waals surface area contributed by atoms with Gasteiger partial charge in [0.25, 0.3) is 0 Å². The van der Waals surface area contributed by atoms with E-state index in [0.717, 1.165) is 29.8 Å². The number of methoxy groups -OCH3 is 2. The van der Waals surface area contributed by atoms with Gasteiger partial charge >= 0.3 is 0 Å². The van der Waals surface area contributed by atoms with Crippen molar-refractivity contribution in [3.63, 3.8) is 0 Å². The maximum atomic E-state index is 6.23. The molecule has 3 aromatic rings. The molecular formula is C18H18ClN3O2. The lowest BCUT2D eigenvalue weighted by molar-refractivity contribution is 0.370. The lowest BCUT2D eigenvalue weighted by Crippen LogP contribution is -2.10. The second-order valence-corrected chi connectivity index (χ2v) is 6.32. The third kappa shape index (κ3) is 2.40. The van der Waals surface area contributed by atoms with E-state index in [1.807, 2.05) is 18.2 Å². The number of benzene rings is 1. The molecule has 6 heteroatoms. The fourth-order valence-corrected chi connectivity index (χ4v) is 3.62. The summed E-state index contributed by atoms with van der Waals surface area (Å²) in [4.78, 5) is 9.08. The first-order chi connectivity index (χ1) is 11.7. The quantitative estimate of drug-likeness (QED) is 0.722. The summed E-state index contributed by atoms with van der Waals surface area (Å²) < 4.78 is 12.7. The SMILES string of the molecule is COc1cc(OC)nc(-n2c3c(c4cc(Cl)ccc42)CCCC3)n1. The molecule has 24 heavy (non-hydrogen) atoms. The van der Waals surface area contributed by atoms with E-state index in [-0.39, 0.29) is 0 Å². The molecule has 0 N–H and O–H groups in total. The highest BCUT2D eigenvalue weighted by molar-refractivity contribution is 6.31. The highest BCUT2D eigenvalue weighted by atomic mass is 35.5. The van der Waals surface area contributed by atoms with Crippen LogP contribution >= 0.6 is 11.6 Å². The van der Waals surface area contributed by atoms with Crippen LogP contribution in [0.2, 0.25) is 5.02 Å². The van der Waals surface area contributed by atoms with Crippen molar-refractivity contribution in [1.82, 2.24) is 14.5 Å². The molecule has 0 saturated carbocycles. The Labute approximate surface area is 145 Å². The second kappa shape index (κ2) is 5.98. The number of ether oxygens (including phenoxy) is 2. The van der Waals surface area contributed by atoms with Crippen molar-refractivity contribution in [2.45, 2.75) is 25.7 Å². The molecule has 4 rings (SSSR count). The monoisotopic (exact) mass is 343 g/mol. The molecule has 2 heterocycles. The summed E-state index contributed by atoms with van der Waals surface area (Å²) in [5.74, 6) is 1.54. The summed E-state index contributed by atoms with van der Waals surface area (Å²) in [6, 6.07) is 7.65. The van der Waals surface area contributed by atoms with Crippen molar-refractivity contribution in [3.8, 4) is 17.7 Å². The summed E-state index contributed by atoms with van der Waals surface area (Å²) in [7, 11) is 3.18. The third-order valence-electron chi connectivity index (χ3n) is 4.52. The molecule has 1 aliphatic carbocycles. The molecule has 5 nitrogen and oxygen atoms in total. The van der Waals surface area contributed by atoms with Gasteiger partial charge in [-0.05, 0) is 49.4 Å². The summed E-state index contributed by atoms with van der Waals surface area (Å²) in [5.41, 5.74) is 3.68. The van der Waals surface area contributed by atoms with Crippen LogP contribution in [0.5, 0.6) is 11.8 Å². The molecule has 2 aromatic heterocycles. The van der Waals surface area contributed by atoms with E-state index in [1.54, 1.807) is 20.3 Å². The van der Waals surface area contributed by atoms with Gasteiger partial charge in [-0.3, -0.25) is 4.57 Å². The van der Waals surface area contributed by atoms with E-state index in [4.69, 9.17) is 21.1 Å². The van der Waals surface area contributed by atoms with Crippen LogP contribution in [0.4, 0.5) is 0 Å². The predicted octanol–water partition coefficient (Wildman–Crippen LogP) is 3.97. The average molecular weight is 344 g/mol. The summed E-state index contributed by atoms with van der Waals surface area (Å²) in [6.07, 6.45) is 4.42. The first kappa shape index (κ1) is 15.3. The van der Waals surface area contributed by atoms with Crippen LogP contribution in [-0.2, 0) is 12.8 Å². The maximum Gasteiger partial charge on any atom is 0.241 e. The van der Waals surface area contributed by atoms with Gasteiger partial charge in [0.05, 0.1) is 25.8 Å². The van der Waals surface area contributed by atoms with Crippen molar-refractivity contribution in [2.24, 2.45) is 0 Å². The standard InChI is InChI=1S/C18H18ClN3O2/c1-23-16-10-17(24-2)21-18(20-16)22-14-6-4-3-5-12(14)13-9-11(19)7-8-15(13)22/h7-10H,3-6H2,1-2H3. The van der Waals surface area contributed by atoms with Gasteiger partial charge in [0.15, 0.2) is 0 Å². The third-order valence-corrected chi connectivity index (χ3v) is 4.75. The van der Waals surface area contributed by atoms with Gasteiger partial charge in [0, 0.05) is 16.1 Å². The fourth-order valence-electron chi connectivity index (χ4n) is 3.45. The van der Waals surface area contributed by atoms with Gasteiger partial charge < -0.3 is 9.47 Å². The second-order valence-electron chi connectivity index (χ2n) is 5.88. The zero-order chi connectivity index (χ0) is 16.7. The predicted molar refractivity (Wildman–Crippen MR) is 93.6 cm³/mol. The zero-order valence-corrected chi connectivity index (χ0v) is 14.4. The molecule has 124 valence electrons. The molecule has 0 atom stereocenters. The van der Waals surface area contributed by atoms with E-state index in [2.05, 4.69) is 14.5 Å². The van der Waals surface area contributed by atoms with Crippen molar-refractivity contribution in [2.75, 3.05) is 14.2 Å². The van der Waals surface area contributed by atoms with Gasteiger partial charge in [-0.2, -0.15) is 9.97 Å². The van der Waals surface area contributed by atoms with E-state index in [1.165, 1.54) is 23.1 Å². The number of halogens is 1. The van der Waals surface area contributed by atoms with E-state index in [9.17, 15) is 0 Å². The van der Waals surface area contributed by atoms with Gasteiger partial charge in [-0.15, -0.1) is 0 Å². The Hall–Kier alpha value is -2.27. The fraction of sp³-hybridized carbons (Fsp3) is 0.333. The Kier molecular flexibility index (Phi) is 3.81. The number of hydrogen-bond donors (Lipinski definition) is 0. The van der Waals surface area contributed by atoms with Gasteiger partial charge in [0.2, 0.25) is 17.7 Å². The van der Waals surface area contributed by atoms with Crippen LogP contribution in [0.15, 0.2) is 24.3 Å². The Bertz CT molecular complexity index is 898. The molecule has 1 aliphatic rings. The molecule has 0 radical (unpaired) electrons. The minimum atomic E-state index is 0.484. The summed E-state index contributed by atoms with van der Waals surface area (Å²) >= 11 is 6.23. The Morgan fingerprint density at radius 1 is 1.00 bits per heavy atom. The number of hydrogen-bond acceptors (Lipinski definition) is 4. The number of rotatable bonds is 3. The summed E-state index contributed by atoms with van der Waals surface area (Å²) in [5, 5.41) is 1.93. The van der Waals surface area contributed by atoms with Gasteiger partial charge in [-0.1, -0.05) is 11.6 Å². The van der Waals surface area contributed by atoms with Crippen molar-refractivity contribution >= 4 is 22.5 Å². The first-order valence-electron chi connectivity index (χ1n) is 8.00. The molecule has 0 aliphatic heterocycles. The minimum Gasteiger partial charge on any atom is -0.481 e. The number of fused-ring (bicyclic) bond motifs is 3. The smallest absolute Gasteiger partial charge is 0.241 e. The van der Waals surface area contributed by atoms with Crippen molar-refractivity contribution in [3.05, 3.63) is 40.5 Å². The Morgan fingerprint density at radius 3 is 2.42 bits per heavy atom. The number of nitrogens with zero attached hydrogens (tertiary/aromatic N) is 3. The van der Waals surface area contributed by atoms with E-state index < -0.39 is 0 Å². The Balaban J connectivity index is 2.03. The molecule has 0 bridgehead atoms. The zero-order valence-electron chi connectivity index (χ0n) is 13.7. The van der Waals surface area contributed by atoms with Crippen LogP contribution in [0, 0.1) is 0 Å². The average Bonchev–Trinajstić information content (AvgIpc) is 2.95. The van der Waals surface area contributed by atoms with Gasteiger partial charge in [-0.25, -0.2) is 0 Å². The van der Waals surface area contributed by atoms with E-state index in [0.29, 0.717) is 17.7 Å². The number of aromatic nitrogens is 3. The summed E-state index contributed by atoms with van der Waals surface area (Å²) in [6.45, 7) is 0. The molecule has 0 amide bonds. The Morgan fingerprint density at radius 2 is 1.71 bits per heavy atom. The normalized spacial score (nSPS) is 13.8. The lowest BCUT2D eigenvalue weighted by atomic mass is 9.96. The van der Waals surface area contributed by atoms with Crippen LogP contribution in [0.25, 0.3) is 16.9 Å². The molecule has 0 unspecified atom stereocenters. The lowest BCUT2D eigenvalue weighted by Gasteiger charge is -2.15. The van der Waals surface area contributed by atoms with E-state index >= 15 is 0 Å². The topological polar surface area (TPSA) is 49.2 Å². The van der Waals surface area contributed by atoms with Gasteiger partial charge in [0.1, 0.15) is 0 Å². The minimum absolute atomic E-state index is 0.484. The largest absolute Gasteiger partial charge is 0.481 e. The molecule has 1 aromatic carbocycles. The van der Waals surface area contributed by atoms with Crippen molar-refractivity contribution in [1.29, 1.82) is 0 Å². The van der Waals surface area contributed by atoms with Crippen LogP contribution in [0.1, 0.15) is 24.1 Å². The molecule has 0 saturated heterocycles. The van der Waals surface area contributed by atoms with Crippen LogP contribution < -0.4 is 9.47 Å². The van der Waals surface area contributed by atoms with Crippen molar-refractivity contribution < 1.29 is 9.47 Å². The highest BCUT2D eigenvalue weighted by Gasteiger charge is 2.23. The molecular weight excluding hydrogens is 326 g/mol. The maximum absolute atomic E-state index is 6.23. The first-order valence-corrected chi connectivity index (χ1v) is 8.38. The number of aryl methyl sites for hydroxylation is 1. The van der Waals surface area contributed by atoms with Crippen LogP contribution in [0.3, 0.4) is 0 Å².